The van der Waals surface area contributed by atoms with Crippen LogP contribution in [0.25, 0.3) is 0 Å². The number of hydrogen-bond donors (Lipinski definition) is 2. The second-order valence-electron chi connectivity index (χ2n) is 4.81. The van der Waals surface area contributed by atoms with Crippen LogP contribution >= 0.6 is 0 Å². The van der Waals surface area contributed by atoms with E-state index in [9.17, 15) is 13.6 Å². The van der Waals surface area contributed by atoms with Gasteiger partial charge in [-0.1, -0.05) is 12.8 Å². The summed E-state index contributed by atoms with van der Waals surface area (Å²) in [4.78, 5) is 13.7. The van der Waals surface area contributed by atoms with E-state index >= 15 is 0 Å². The molecule has 0 heterocycles. The number of nitrogens with one attached hydrogen (secondary N) is 1. The maximum absolute atomic E-state index is 13.6. The average Bonchev–Trinajstić information content (AvgIpc) is 2.90. The number of amides is 1. The minimum Gasteiger partial charge on any atom is -0.339 e. The lowest BCUT2D eigenvalue weighted by Gasteiger charge is -2.24. The predicted octanol–water partition coefficient (Wildman–Crippen LogP) is 2.27. The van der Waals surface area contributed by atoms with Gasteiger partial charge in [0.25, 0.3) is 5.91 Å². The number of hydrazine groups is 1. The molecule has 0 unspecified atom stereocenters. The van der Waals surface area contributed by atoms with Crippen LogP contribution in [0, 0.1) is 11.6 Å². The molecule has 0 spiro atoms. The summed E-state index contributed by atoms with van der Waals surface area (Å²) < 4.78 is 27.1. The van der Waals surface area contributed by atoms with Crippen LogP contribution in [-0.2, 0) is 0 Å². The smallest absolute Gasteiger partial charge is 0.254 e. The molecule has 0 bridgehead atoms. The van der Waals surface area contributed by atoms with Gasteiger partial charge in [0.1, 0.15) is 5.69 Å². The average molecular weight is 269 g/mol. The molecule has 0 saturated heterocycles. The van der Waals surface area contributed by atoms with Gasteiger partial charge in [0, 0.05) is 18.7 Å². The van der Waals surface area contributed by atoms with E-state index < -0.39 is 17.3 Å². The molecule has 1 aliphatic rings. The van der Waals surface area contributed by atoms with E-state index in [1.54, 1.807) is 11.9 Å². The summed E-state index contributed by atoms with van der Waals surface area (Å²) in [7, 11) is 1.67. The maximum Gasteiger partial charge on any atom is 0.254 e. The molecule has 1 saturated carbocycles. The molecule has 1 aromatic carbocycles. The molecule has 0 aliphatic heterocycles. The van der Waals surface area contributed by atoms with E-state index in [0.29, 0.717) is 0 Å². The fraction of sp³-hybridized carbons (Fsp3) is 0.462. The summed E-state index contributed by atoms with van der Waals surface area (Å²) in [6.45, 7) is 0. The van der Waals surface area contributed by atoms with Gasteiger partial charge in [0.2, 0.25) is 0 Å². The Bertz CT molecular complexity index is 464. The van der Waals surface area contributed by atoms with Crippen molar-refractivity contribution in [2.24, 2.45) is 5.84 Å². The van der Waals surface area contributed by atoms with Gasteiger partial charge in [-0.15, -0.1) is 0 Å². The molecule has 0 aromatic heterocycles. The van der Waals surface area contributed by atoms with Gasteiger partial charge in [-0.05, 0) is 25.0 Å². The first-order chi connectivity index (χ1) is 9.04. The van der Waals surface area contributed by atoms with Crippen LogP contribution in [0.5, 0.6) is 0 Å². The molecule has 4 nitrogen and oxygen atoms in total. The number of nitrogens with two attached hydrogens (primary N) is 1. The van der Waals surface area contributed by atoms with Crippen molar-refractivity contribution >= 4 is 11.6 Å². The molecule has 3 N–H and O–H groups in total. The van der Waals surface area contributed by atoms with Crippen LogP contribution in [0.15, 0.2) is 12.1 Å². The molecule has 1 aliphatic carbocycles. The Hall–Kier alpha value is -1.69. The first-order valence-electron chi connectivity index (χ1n) is 6.27. The standard InChI is InChI=1S/C13H17F2N3O/c1-18(9-4-2-3-5-9)13(19)8-6-10(14)12(17-16)11(15)7-8/h6-7,9,17H,2-5,16H2,1H3. The molecule has 0 atom stereocenters. The summed E-state index contributed by atoms with van der Waals surface area (Å²) in [5.74, 6) is 2.90. The quantitative estimate of drug-likeness (QED) is 0.653. The second-order valence-corrected chi connectivity index (χ2v) is 4.81. The highest BCUT2D eigenvalue weighted by atomic mass is 19.1. The third kappa shape index (κ3) is 2.68. The number of nitrogens with zero attached hydrogens (tertiary/aromatic N) is 1. The Kier molecular flexibility index (Phi) is 3.99. The lowest BCUT2D eigenvalue weighted by atomic mass is 10.1. The van der Waals surface area contributed by atoms with Crippen LogP contribution < -0.4 is 11.3 Å². The molecule has 19 heavy (non-hydrogen) atoms. The normalized spacial score (nSPS) is 15.6. The van der Waals surface area contributed by atoms with Gasteiger partial charge in [0.05, 0.1) is 0 Å². The summed E-state index contributed by atoms with van der Waals surface area (Å²) in [6.07, 6.45) is 4.05. The number of anilines is 1. The van der Waals surface area contributed by atoms with Crippen molar-refractivity contribution in [3.63, 3.8) is 0 Å². The Labute approximate surface area is 110 Å². The van der Waals surface area contributed by atoms with Crippen molar-refractivity contribution in [1.82, 2.24) is 4.90 Å². The number of halogens is 2. The number of benzene rings is 1. The van der Waals surface area contributed by atoms with Crippen LogP contribution in [0.1, 0.15) is 36.0 Å². The summed E-state index contributed by atoms with van der Waals surface area (Å²) in [5.41, 5.74) is 1.51. The van der Waals surface area contributed by atoms with E-state index in [-0.39, 0.29) is 17.5 Å². The molecule has 6 heteroatoms. The summed E-state index contributed by atoms with van der Waals surface area (Å²) >= 11 is 0. The molecule has 104 valence electrons. The van der Waals surface area contributed by atoms with Gasteiger partial charge in [-0.2, -0.15) is 0 Å². The third-order valence-corrected chi connectivity index (χ3v) is 3.63. The van der Waals surface area contributed by atoms with E-state index in [0.717, 1.165) is 37.8 Å². The third-order valence-electron chi connectivity index (χ3n) is 3.63. The molecular weight excluding hydrogens is 252 g/mol. The van der Waals surface area contributed by atoms with E-state index in [2.05, 4.69) is 0 Å². The highest BCUT2D eigenvalue weighted by Gasteiger charge is 2.25. The van der Waals surface area contributed by atoms with E-state index in [1.807, 2.05) is 5.43 Å². The van der Waals surface area contributed by atoms with Crippen LogP contribution in [0.3, 0.4) is 0 Å². The van der Waals surface area contributed by atoms with Crippen molar-refractivity contribution in [1.29, 1.82) is 0 Å². The van der Waals surface area contributed by atoms with Crippen molar-refractivity contribution < 1.29 is 13.6 Å². The lowest BCUT2D eigenvalue weighted by Crippen LogP contribution is -2.35. The fourth-order valence-electron chi connectivity index (χ4n) is 2.50. The topological polar surface area (TPSA) is 58.4 Å². The SMILES string of the molecule is CN(C(=O)c1cc(F)c(NN)c(F)c1)C1CCCC1. The molecule has 1 fully saturated rings. The number of nitrogen functional groups attached to an aromatic ring is 1. The number of carbonyl (C=O) groups excluding carboxylic acids is 1. The monoisotopic (exact) mass is 269 g/mol. The molecule has 1 amide bonds. The predicted molar refractivity (Wildman–Crippen MR) is 68.5 cm³/mol. The summed E-state index contributed by atoms with van der Waals surface area (Å²) in [5, 5.41) is 0. The number of carbonyl (C=O) groups is 1. The molecular formula is C13H17F2N3O. The van der Waals surface area contributed by atoms with Crippen molar-refractivity contribution in [2.75, 3.05) is 12.5 Å². The van der Waals surface area contributed by atoms with Gasteiger partial charge >= 0.3 is 0 Å². The Balaban J connectivity index is 2.23. The van der Waals surface area contributed by atoms with Gasteiger partial charge < -0.3 is 10.3 Å². The van der Waals surface area contributed by atoms with Gasteiger partial charge in [0.15, 0.2) is 11.6 Å². The van der Waals surface area contributed by atoms with E-state index in [4.69, 9.17) is 5.84 Å². The minimum absolute atomic E-state index is 0.00315. The van der Waals surface area contributed by atoms with Gasteiger partial charge in [-0.25, -0.2) is 8.78 Å². The first kappa shape index (κ1) is 13.7. The van der Waals surface area contributed by atoms with Crippen molar-refractivity contribution in [3.8, 4) is 0 Å². The molecule has 2 rings (SSSR count). The highest BCUT2D eigenvalue weighted by molar-refractivity contribution is 5.94. The van der Waals surface area contributed by atoms with Crippen molar-refractivity contribution in [3.05, 3.63) is 29.3 Å². The zero-order chi connectivity index (χ0) is 14.0. The van der Waals surface area contributed by atoms with Crippen LogP contribution in [-0.4, -0.2) is 23.9 Å². The Morgan fingerprint density at radius 3 is 2.32 bits per heavy atom. The number of rotatable bonds is 3. The molecule has 0 radical (unpaired) electrons. The fourth-order valence-corrected chi connectivity index (χ4v) is 2.50. The maximum atomic E-state index is 13.6. The minimum atomic E-state index is -0.870. The van der Waals surface area contributed by atoms with Crippen molar-refractivity contribution in [2.45, 2.75) is 31.7 Å². The zero-order valence-electron chi connectivity index (χ0n) is 10.7. The van der Waals surface area contributed by atoms with Crippen LogP contribution in [0.4, 0.5) is 14.5 Å². The zero-order valence-corrected chi connectivity index (χ0v) is 10.7. The molecule has 1 aromatic rings. The summed E-state index contributed by atoms with van der Waals surface area (Å²) in [6, 6.07) is 2.17. The number of hydrogen-bond acceptors (Lipinski definition) is 3. The van der Waals surface area contributed by atoms with Gasteiger partial charge in [-0.3, -0.25) is 10.6 Å². The highest BCUT2D eigenvalue weighted by Crippen LogP contribution is 2.25. The Morgan fingerprint density at radius 2 is 1.84 bits per heavy atom. The second kappa shape index (κ2) is 5.52. The lowest BCUT2D eigenvalue weighted by molar-refractivity contribution is 0.0734. The van der Waals surface area contributed by atoms with E-state index in [1.165, 1.54) is 0 Å². The largest absolute Gasteiger partial charge is 0.339 e. The first-order valence-corrected chi connectivity index (χ1v) is 6.27. The van der Waals surface area contributed by atoms with Crippen LogP contribution in [0.2, 0.25) is 0 Å². The Morgan fingerprint density at radius 1 is 1.32 bits per heavy atom.